The molecule has 0 aliphatic heterocycles. The molecule has 0 heterocycles. The molecule has 0 aromatic heterocycles. The van der Waals surface area contributed by atoms with Crippen molar-refractivity contribution in [3.8, 4) is 0 Å². The van der Waals surface area contributed by atoms with Gasteiger partial charge in [-0.05, 0) is 24.2 Å². The Labute approximate surface area is 104 Å². The van der Waals surface area contributed by atoms with Gasteiger partial charge in [0, 0.05) is 17.8 Å². The van der Waals surface area contributed by atoms with E-state index in [-0.39, 0.29) is 23.3 Å². The van der Waals surface area contributed by atoms with Gasteiger partial charge in [0.05, 0.1) is 0 Å². The van der Waals surface area contributed by atoms with Gasteiger partial charge in [0.15, 0.2) is 0 Å². The van der Waals surface area contributed by atoms with Crippen molar-refractivity contribution < 1.29 is 4.79 Å². The summed E-state index contributed by atoms with van der Waals surface area (Å²) in [6.45, 7) is 8.56. The van der Waals surface area contributed by atoms with Gasteiger partial charge < -0.3 is 5.32 Å². The van der Waals surface area contributed by atoms with Crippen molar-refractivity contribution in [2.45, 2.75) is 53.0 Å². The van der Waals surface area contributed by atoms with Gasteiger partial charge >= 0.3 is 0 Å². The molecule has 2 atom stereocenters. The Kier molecular flexibility index (Phi) is 4.66. The smallest absolute Gasteiger partial charge is 0.223 e. The van der Waals surface area contributed by atoms with Crippen LogP contribution in [0, 0.1) is 17.3 Å². The van der Waals surface area contributed by atoms with Crippen LogP contribution in [0.4, 0.5) is 0 Å². The SMILES string of the molecule is CC(C)C(CCl)NC(=O)C1CCCC1(C)C. The third-order valence-electron chi connectivity index (χ3n) is 3.87. The minimum Gasteiger partial charge on any atom is -0.352 e. The van der Waals surface area contributed by atoms with Crippen LogP contribution in [-0.2, 0) is 4.79 Å². The zero-order chi connectivity index (χ0) is 12.3. The van der Waals surface area contributed by atoms with Gasteiger partial charge in [-0.1, -0.05) is 34.1 Å². The Balaban J connectivity index is 2.58. The number of hydrogen-bond acceptors (Lipinski definition) is 1. The molecular formula is C13H24ClNO. The summed E-state index contributed by atoms with van der Waals surface area (Å²) in [6, 6.07) is 0.102. The fraction of sp³-hybridized carbons (Fsp3) is 0.923. The van der Waals surface area contributed by atoms with Crippen molar-refractivity contribution in [2.24, 2.45) is 17.3 Å². The first kappa shape index (κ1) is 13.8. The summed E-state index contributed by atoms with van der Waals surface area (Å²) in [4.78, 5) is 12.2. The summed E-state index contributed by atoms with van der Waals surface area (Å²) in [6.07, 6.45) is 3.34. The third kappa shape index (κ3) is 3.13. The highest BCUT2D eigenvalue weighted by Gasteiger charge is 2.39. The van der Waals surface area contributed by atoms with Gasteiger partial charge in [-0.3, -0.25) is 4.79 Å². The molecule has 0 aromatic carbocycles. The Morgan fingerprint density at radius 1 is 1.50 bits per heavy atom. The molecule has 1 saturated carbocycles. The summed E-state index contributed by atoms with van der Waals surface area (Å²) < 4.78 is 0. The van der Waals surface area contributed by atoms with E-state index in [1.165, 1.54) is 0 Å². The van der Waals surface area contributed by atoms with Gasteiger partial charge in [0.1, 0.15) is 0 Å². The van der Waals surface area contributed by atoms with E-state index in [1.54, 1.807) is 0 Å². The highest BCUT2D eigenvalue weighted by molar-refractivity contribution is 6.18. The molecule has 1 fully saturated rings. The van der Waals surface area contributed by atoms with E-state index < -0.39 is 0 Å². The van der Waals surface area contributed by atoms with E-state index in [1.807, 2.05) is 0 Å². The third-order valence-corrected chi connectivity index (χ3v) is 4.20. The summed E-state index contributed by atoms with van der Waals surface area (Å²) >= 11 is 5.87. The van der Waals surface area contributed by atoms with Gasteiger partial charge in [-0.2, -0.15) is 0 Å². The molecule has 1 N–H and O–H groups in total. The Morgan fingerprint density at radius 3 is 2.50 bits per heavy atom. The molecule has 0 radical (unpaired) electrons. The van der Waals surface area contributed by atoms with Crippen LogP contribution < -0.4 is 5.32 Å². The number of nitrogens with one attached hydrogen (secondary N) is 1. The Bertz CT molecular complexity index is 250. The van der Waals surface area contributed by atoms with Crippen molar-refractivity contribution in [3.05, 3.63) is 0 Å². The molecule has 0 spiro atoms. The van der Waals surface area contributed by atoms with E-state index in [4.69, 9.17) is 11.6 Å². The molecule has 0 saturated heterocycles. The van der Waals surface area contributed by atoms with Crippen molar-refractivity contribution >= 4 is 17.5 Å². The van der Waals surface area contributed by atoms with Gasteiger partial charge in [-0.25, -0.2) is 0 Å². The molecule has 16 heavy (non-hydrogen) atoms. The molecule has 0 aromatic rings. The monoisotopic (exact) mass is 245 g/mol. The molecule has 1 aliphatic carbocycles. The molecule has 3 heteroatoms. The van der Waals surface area contributed by atoms with E-state index in [0.29, 0.717) is 11.8 Å². The molecular weight excluding hydrogens is 222 g/mol. The summed E-state index contributed by atoms with van der Waals surface area (Å²) in [5.41, 5.74) is 0.151. The first-order chi connectivity index (χ1) is 7.38. The fourth-order valence-electron chi connectivity index (χ4n) is 2.48. The maximum Gasteiger partial charge on any atom is 0.223 e. The number of carbonyl (C=O) groups is 1. The van der Waals surface area contributed by atoms with Crippen molar-refractivity contribution in [1.82, 2.24) is 5.32 Å². The van der Waals surface area contributed by atoms with E-state index in [2.05, 4.69) is 33.0 Å². The van der Waals surface area contributed by atoms with Crippen LogP contribution in [0.15, 0.2) is 0 Å². The van der Waals surface area contributed by atoms with Crippen LogP contribution in [0.5, 0.6) is 0 Å². The fourth-order valence-corrected chi connectivity index (χ4v) is 2.91. The summed E-state index contributed by atoms with van der Waals surface area (Å²) in [5, 5.41) is 3.09. The largest absolute Gasteiger partial charge is 0.352 e. The standard InChI is InChI=1S/C13H24ClNO/c1-9(2)11(8-14)15-12(16)10-6-5-7-13(10,3)4/h9-11H,5-8H2,1-4H3,(H,15,16). The summed E-state index contributed by atoms with van der Waals surface area (Å²) in [7, 11) is 0. The van der Waals surface area contributed by atoms with Crippen LogP contribution in [0.1, 0.15) is 47.0 Å². The zero-order valence-electron chi connectivity index (χ0n) is 10.8. The lowest BCUT2D eigenvalue weighted by atomic mass is 9.81. The van der Waals surface area contributed by atoms with Crippen LogP contribution in [0.3, 0.4) is 0 Å². The molecule has 1 aliphatic rings. The van der Waals surface area contributed by atoms with E-state index in [9.17, 15) is 4.79 Å². The lowest BCUT2D eigenvalue weighted by Crippen LogP contribution is -2.45. The maximum absolute atomic E-state index is 12.2. The summed E-state index contributed by atoms with van der Waals surface area (Å²) in [5.74, 6) is 1.25. The number of hydrogen-bond donors (Lipinski definition) is 1. The minimum absolute atomic E-state index is 0.102. The Morgan fingerprint density at radius 2 is 2.12 bits per heavy atom. The zero-order valence-corrected chi connectivity index (χ0v) is 11.6. The van der Waals surface area contributed by atoms with E-state index in [0.717, 1.165) is 19.3 Å². The molecule has 94 valence electrons. The highest BCUT2D eigenvalue weighted by atomic mass is 35.5. The number of amides is 1. The average molecular weight is 246 g/mol. The number of carbonyl (C=O) groups excluding carboxylic acids is 1. The predicted molar refractivity (Wildman–Crippen MR) is 68.6 cm³/mol. The van der Waals surface area contributed by atoms with E-state index >= 15 is 0 Å². The van der Waals surface area contributed by atoms with Crippen molar-refractivity contribution in [2.75, 3.05) is 5.88 Å². The number of rotatable bonds is 4. The number of halogens is 1. The molecule has 1 rings (SSSR count). The van der Waals surface area contributed by atoms with Crippen LogP contribution in [-0.4, -0.2) is 17.8 Å². The van der Waals surface area contributed by atoms with Gasteiger partial charge in [-0.15, -0.1) is 11.6 Å². The minimum atomic E-state index is 0.102. The second-order valence-electron chi connectivity index (χ2n) is 5.95. The quantitative estimate of drug-likeness (QED) is 0.758. The molecule has 1 amide bonds. The molecule has 2 nitrogen and oxygen atoms in total. The average Bonchev–Trinajstić information content (AvgIpc) is 2.53. The van der Waals surface area contributed by atoms with Crippen LogP contribution in [0.2, 0.25) is 0 Å². The topological polar surface area (TPSA) is 29.1 Å². The van der Waals surface area contributed by atoms with Gasteiger partial charge in [0.2, 0.25) is 5.91 Å². The molecule has 2 unspecified atom stereocenters. The Hall–Kier alpha value is -0.240. The second-order valence-corrected chi connectivity index (χ2v) is 6.26. The molecule has 0 bridgehead atoms. The van der Waals surface area contributed by atoms with Gasteiger partial charge in [0.25, 0.3) is 0 Å². The van der Waals surface area contributed by atoms with Crippen molar-refractivity contribution in [3.63, 3.8) is 0 Å². The predicted octanol–water partition coefficient (Wildman–Crippen LogP) is 3.19. The maximum atomic E-state index is 12.2. The normalized spacial score (nSPS) is 25.8. The van der Waals surface area contributed by atoms with Crippen LogP contribution >= 0.6 is 11.6 Å². The van der Waals surface area contributed by atoms with Crippen molar-refractivity contribution in [1.29, 1.82) is 0 Å². The second kappa shape index (κ2) is 5.39. The van der Waals surface area contributed by atoms with Crippen LogP contribution in [0.25, 0.3) is 0 Å². The lowest BCUT2D eigenvalue weighted by Gasteiger charge is -2.29. The first-order valence-corrected chi connectivity index (χ1v) is 6.78. The lowest BCUT2D eigenvalue weighted by molar-refractivity contribution is -0.128. The highest BCUT2D eigenvalue weighted by Crippen LogP contribution is 2.42. The number of alkyl halides is 1. The first-order valence-electron chi connectivity index (χ1n) is 6.25.